The van der Waals surface area contributed by atoms with E-state index in [1.54, 1.807) is 31.2 Å². The number of carbonyl (C=O) groups is 1. The van der Waals surface area contributed by atoms with Crippen LogP contribution in [-0.2, 0) is 19.9 Å². The molecule has 7 rings (SSSR count). The van der Waals surface area contributed by atoms with Crippen molar-refractivity contribution < 1.29 is 36.2 Å². The number of sulfonamides is 1. The van der Waals surface area contributed by atoms with Crippen molar-refractivity contribution in [2.45, 2.75) is 75.3 Å². The quantitative estimate of drug-likeness (QED) is 0.0703. The van der Waals surface area contributed by atoms with Gasteiger partial charge in [0.1, 0.15) is 5.82 Å². The molecule has 2 fully saturated rings. The number of hydrogen-bond acceptors (Lipinski definition) is 10. The lowest BCUT2D eigenvalue weighted by molar-refractivity contribution is 0.0696. The third kappa shape index (κ3) is 11.0. The van der Waals surface area contributed by atoms with E-state index in [0.29, 0.717) is 76.7 Å². The number of sulfone groups is 1. The van der Waals surface area contributed by atoms with Crippen LogP contribution in [0.15, 0.2) is 94.7 Å². The summed E-state index contributed by atoms with van der Waals surface area (Å²) in [5, 5.41) is 23.9. The number of anilines is 4. The first-order valence-electron chi connectivity index (χ1n) is 22.5. The second kappa shape index (κ2) is 20.4. The van der Waals surface area contributed by atoms with E-state index in [-0.39, 0.29) is 34.0 Å². The van der Waals surface area contributed by atoms with Gasteiger partial charge in [0.25, 0.3) is 10.0 Å². The van der Waals surface area contributed by atoms with E-state index in [2.05, 4.69) is 24.7 Å². The minimum Gasteiger partial charge on any atom is -0.478 e. The number of aliphatic hydroxyl groups excluding tert-OH is 1. The Kier molecular flexibility index (Phi) is 15.1. The molecule has 0 unspecified atom stereocenters. The normalized spacial score (nSPS) is 15.9. The highest BCUT2D eigenvalue weighted by Gasteiger charge is 2.30. The number of carboxylic acids is 1. The Morgan fingerprint density at radius 3 is 2.06 bits per heavy atom. The monoisotopic (exact) mass is 962 g/mol. The van der Waals surface area contributed by atoms with E-state index in [9.17, 15) is 31.8 Å². The fourth-order valence-electron chi connectivity index (χ4n) is 9.29. The molecule has 0 spiro atoms. The van der Waals surface area contributed by atoms with Gasteiger partial charge in [0.2, 0.25) is 0 Å². The van der Waals surface area contributed by atoms with Crippen LogP contribution in [0.1, 0.15) is 68.5 Å². The number of aliphatic hydroxyl groups is 1. The summed E-state index contributed by atoms with van der Waals surface area (Å²) in [6.07, 6.45) is 4.50. The zero-order valence-corrected chi connectivity index (χ0v) is 40.5. The summed E-state index contributed by atoms with van der Waals surface area (Å²) < 4.78 is 73.5. The maximum atomic E-state index is 15.6. The minimum absolute atomic E-state index is 0.0287. The van der Waals surface area contributed by atoms with Crippen molar-refractivity contribution in [2.24, 2.45) is 5.92 Å². The molecule has 0 amide bonds. The number of piperidine rings is 1. The van der Waals surface area contributed by atoms with E-state index >= 15 is 4.39 Å². The summed E-state index contributed by atoms with van der Waals surface area (Å²) in [6, 6.07) is 22.9. The lowest BCUT2D eigenvalue weighted by Gasteiger charge is -2.37. The molecule has 354 valence electrons. The number of halogens is 2. The summed E-state index contributed by atoms with van der Waals surface area (Å²) in [7, 11) is -7.98. The Balaban J connectivity index is 1.03. The Labute approximate surface area is 393 Å². The average molecular weight is 964 g/mol. The molecule has 0 aliphatic carbocycles. The molecule has 2 aliphatic heterocycles. The van der Waals surface area contributed by atoms with Crippen molar-refractivity contribution in [1.29, 1.82) is 0 Å². The van der Waals surface area contributed by atoms with Gasteiger partial charge < -0.3 is 34.8 Å². The number of nitrogens with one attached hydrogen (secondary N) is 2. The molecule has 0 radical (unpaired) electrons. The topological polar surface area (TPSA) is 165 Å². The lowest BCUT2D eigenvalue weighted by Crippen LogP contribution is -2.46. The van der Waals surface area contributed by atoms with Gasteiger partial charge in [-0.3, -0.25) is 4.72 Å². The van der Waals surface area contributed by atoms with E-state index in [1.807, 2.05) is 55.7 Å². The second-order valence-electron chi connectivity index (χ2n) is 17.7. The molecule has 3 heterocycles. The van der Waals surface area contributed by atoms with Crippen molar-refractivity contribution in [3.05, 3.63) is 107 Å². The zero-order valence-electron chi connectivity index (χ0n) is 38.1. The first-order valence-corrected chi connectivity index (χ1v) is 26.2. The van der Waals surface area contributed by atoms with E-state index < -0.39 is 31.6 Å². The summed E-state index contributed by atoms with van der Waals surface area (Å²) in [5.41, 5.74) is 5.16. The molecule has 4 N–H and O–H groups in total. The molecule has 17 heteroatoms. The lowest BCUT2D eigenvalue weighted by atomic mass is 9.96. The van der Waals surface area contributed by atoms with Crippen LogP contribution < -0.4 is 19.8 Å². The molecule has 1 atom stereocenters. The highest BCUT2D eigenvalue weighted by molar-refractivity contribution is 7.93. The van der Waals surface area contributed by atoms with Gasteiger partial charge >= 0.3 is 5.97 Å². The summed E-state index contributed by atoms with van der Waals surface area (Å²) >= 11 is 6.23. The van der Waals surface area contributed by atoms with E-state index in [4.69, 9.17) is 11.6 Å². The van der Waals surface area contributed by atoms with Crippen LogP contribution in [0.5, 0.6) is 0 Å². The molecule has 0 saturated carbocycles. The smallest absolute Gasteiger partial charge is 0.338 e. The van der Waals surface area contributed by atoms with Crippen LogP contribution in [0.25, 0.3) is 22.4 Å². The van der Waals surface area contributed by atoms with Gasteiger partial charge in [-0.05, 0) is 149 Å². The highest BCUT2D eigenvalue weighted by atomic mass is 35.5. The fraction of sp³-hybridized carbons (Fsp3) is 0.408. The molecular formula is C49H60ClFN6O7S2. The molecule has 4 aromatic carbocycles. The number of aromatic carboxylic acids is 1. The van der Waals surface area contributed by atoms with Crippen LogP contribution in [-0.4, -0.2) is 107 Å². The largest absolute Gasteiger partial charge is 0.478 e. The van der Waals surface area contributed by atoms with Gasteiger partial charge in [-0.2, -0.15) is 0 Å². The molecule has 13 nitrogen and oxygen atoms in total. The van der Waals surface area contributed by atoms with Gasteiger partial charge in [-0.1, -0.05) is 30.7 Å². The van der Waals surface area contributed by atoms with Crippen LogP contribution >= 0.6 is 11.6 Å². The number of nitrogens with zero attached hydrogens (tertiary/aromatic N) is 4. The molecule has 1 aromatic heterocycles. The minimum atomic E-state index is -4.17. The van der Waals surface area contributed by atoms with Crippen LogP contribution in [0.3, 0.4) is 0 Å². The Morgan fingerprint density at radius 2 is 1.48 bits per heavy atom. The van der Waals surface area contributed by atoms with Gasteiger partial charge in [-0.15, -0.1) is 0 Å². The Bertz CT molecular complexity index is 2750. The predicted octanol–water partition coefficient (Wildman–Crippen LogP) is 9.02. The number of hydrogen-bond donors (Lipinski definition) is 4. The highest BCUT2D eigenvalue weighted by Crippen LogP contribution is 2.43. The van der Waals surface area contributed by atoms with Crippen molar-refractivity contribution in [3.63, 3.8) is 0 Å². The van der Waals surface area contributed by atoms with Gasteiger partial charge in [-0.25, -0.2) is 26.0 Å². The Hall–Kier alpha value is -5.13. The molecule has 0 bridgehead atoms. The number of likely N-dealkylation sites (tertiary alicyclic amines) is 1. The van der Waals surface area contributed by atoms with Crippen molar-refractivity contribution in [1.82, 2.24) is 9.47 Å². The van der Waals surface area contributed by atoms with Gasteiger partial charge in [0.15, 0.2) is 9.84 Å². The number of rotatable bonds is 17. The average Bonchev–Trinajstić information content (AvgIpc) is 3.61. The van der Waals surface area contributed by atoms with Crippen LogP contribution in [0, 0.1) is 18.7 Å². The first kappa shape index (κ1) is 48.8. The number of aromatic nitrogens is 1. The molecule has 5 aromatic rings. The third-order valence-electron chi connectivity index (χ3n) is 12.9. The summed E-state index contributed by atoms with van der Waals surface area (Å²) in [4.78, 5) is 19.1. The zero-order chi connectivity index (χ0) is 47.5. The third-order valence-corrected chi connectivity index (χ3v) is 15.6. The molecule has 2 saturated heterocycles. The molecular weight excluding hydrogens is 903 g/mol. The maximum absolute atomic E-state index is 15.6. The summed E-state index contributed by atoms with van der Waals surface area (Å²) in [6.45, 7) is 12.9. The summed E-state index contributed by atoms with van der Waals surface area (Å²) in [5.74, 6) is -1.24. The SMILES string of the molecule is CC[C@@H](CCN1CCC(CO)CC1)Nc1ccc(S(=O)(=O)Nc2ccc(N3CCN(c4cc(F)cc(-c5c(C(=O)O)c(C)n(C(C)C)c5-c5ccc(Cl)cc5)c4)CC3)cc2)cc1S(C)(=O)=O. The van der Waals surface area contributed by atoms with Crippen molar-refractivity contribution in [3.8, 4) is 22.4 Å². The maximum Gasteiger partial charge on any atom is 0.338 e. The number of carboxylic acid groups (broad SMARTS) is 1. The predicted molar refractivity (Wildman–Crippen MR) is 262 cm³/mol. The molecule has 66 heavy (non-hydrogen) atoms. The number of piperazine rings is 1. The Morgan fingerprint density at radius 1 is 0.848 bits per heavy atom. The van der Waals surface area contributed by atoms with E-state index in [0.717, 1.165) is 62.8 Å². The molecule has 2 aliphatic rings. The fourth-order valence-corrected chi connectivity index (χ4v) is 11.4. The van der Waals surface area contributed by atoms with Crippen LogP contribution in [0.4, 0.5) is 27.1 Å². The standard InChI is InChI=1S/C49H60ClFN6O7S2/c1-6-39(19-22-54-20-17-34(31-58)18-21-54)52-44-16-15-43(30-45(44)65(5,61)62)66(63,64)53-40-11-13-41(14-12-40)55-23-25-56(26-24-55)42-28-36(27-38(51)29-42)47-46(49(59)60)33(4)57(32(2)3)48(47)35-7-9-37(50)10-8-35/h7-16,27-30,32,34,39,52-53,58H,6,17-26,31H2,1-5H3,(H,59,60)/t39-/m0/s1. The van der Waals surface area contributed by atoms with Gasteiger partial charge in [0.05, 0.1) is 26.7 Å². The van der Waals surface area contributed by atoms with Crippen LogP contribution in [0.2, 0.25) is 5.02 Å². The number of benzene rings is 4. The van der Waals surface area contributed by atoms with Crippen molar-refractivity contribution >= 4 is 60.2 Å². The van der Waals surface area contributed by atoms with Crippen molar-refractivity contribution in [2.75, 3.05) is 78.5 Å². The second-order valence-corrected chi connectivity index (χ2v) is 21.8. The van der Waals surface area contributed by atoms with Gasteiger partial charge in [0, 0.05) is 91.0 Å². The first-order chi connectivity index (χ1) is 31.4. The van der Waals surface area contributed by atoms with E-state index in [1.165, 1.54) is 30.3 Å².